The predicted octanol–water partition coefficient (Wildman–Crippen LogP) is 1.53. The molecular formula is C10H12N2O2. The van der Waals surface area contributed by atoms with Gasteiger partial charge in [-0.05, 0) is 24.1 Å². The largest absolute Gasteiger partial charge is 0.417 e. The van der Waals surface area contributed by atoms with Gasteiger partial charge >= 0.3 is 5.76 Å². The van der Waals surface area contributed by atoms with E-state index in [-0.39, 0.29) is 6.04 Å². The second kappa shape index (κ2) is 3.31. The average molecular weight is 192 g/mol. The van der Waals surface area contributed by atoms with Gasteiger partial charge in [0.2, 0.25) is 0 Å². The summed E-state index contributed by atoms with van der Waals surface area (Å²) in [5.74, 6) is -0.429. The van der Waals surface area contributed by atoms with Crippen LogP contribution in [0.15, 0.2) is 27.4 Å². The molecule has 1 atom stereocenters. The lowest BCUT2D eigenvalue weighted by atomic mass is 10.1. The Morgan fingerprint density at radius 2 is 2.36 bits per heavy atom. The summed E-state index contributed by atoms with van der Waals surface area (Å²) in [6, 6.07) is 5.52. The molecule has 14 heavy (non-hydrogen) atoms. The van der Waals surface area contributed by atoms with Crippen LogP contribution in [-0.2, 0) is 0 Å². The Bertz CT molecular complexity index is 498. The van der Waals surface area contributed by atoms with E-state index in [4.69, 9.17) is 10.2 Å². The molecule has 4 heteroatoms. The molecule has 1 aromatic carbocycles. The molecule has 0 amide bonds. The van der Waals surface area contributed by atoms with Gasteiger partial charge in [-0.15, -0.1) is 0 Å². The molecule has 0 bridgehead atoms. The molecule has 1 aromatic heterocycles. The van der Waals surface area contributed by atoms with Crippen molar-refractivity contribution in [2.75, 3.05) is 0 Å². The molecule has 4 nitrogen and oxygen atoms in total. The minimum atomic E-state index is -0.429. The van der Waals surface area contributed by atoms with E-state index in [2.05, 4.69) is 4.98 Å². The molecule has 0 aliphatic carbocycles. The fraction of sp³-hybridized carbons (Fsp3) is 0.300. The van der Waals surface area contributed by atoms with Crippen molar-refractivity contribution in [3.8, 4) is 0 Å². The standard InChI is InChI=1S/C10H12N2O2/c1-2-7(11)6-3-4-8-9(5-6)14-10(13)12-8/h3-5,7H,2,11H2,1H3,(H,12,13)/t7-/m0/s1. The summed E-state index contributed by atoms with van der Waals surface area (Å²) in [5.41, 5.74) is 8.13. The van der Waals surface area contributed by atoms with Crippen LogP contribution in [0.3, 0.4) is 0 Å². The van der Waals surface area contributed by atoms with Crippen LogP contribution in [0.1, 0.15) is 24.9 Å². The molecule has 0 saturated heterocycles. The van der Waals surface area contributed by atoms with Gasteiger partial charge in [0.25, 0.3) is 0 Å². The molecule has 74 valence electrons. The second-order valence-corrected chi connectivity index (χ2v) is 3.28. The first-order valence-electron chi connectivity index (χ1n) is 4.59. The third-order valence-corrected chi connectivity index (χ3v) is 2.31. The number of H-pyrrole nitrogens is 1. The van der Waals surface area contributed by atoms with Crippen molar-refractivity contribution in [2.45, 2.75) is 19.4 Å². The number of nitrogens with one attached hydrogen (secondary N) is 1. The number of hydrogen-bond donors (Lipinski definition) is 2. The molecule has 2 rings (SSSR count). The van der Waals surface area contributed by atoms with Gasteiger partial charge in [0.1, 0.15) is 0 Å². The summed E-state index contributed by atoms with van der Waals surface area (Å²) in [5, 5.41) is 0. The summed E-state index contributed by atoms with van der Waals surface area (Å²) in [7, 11) is 0. The number of nitrogens with two attached hydrogens (primary N) is 1. The number of hydrogen-bond acceptors (Lipinski definition) is 3. The van der Waals surface area contributed by atoms with Crippen LogP contribution >= 0.6 is 0 Å². The van der Waals surface area contributed by atoms with Gasteiger partial charge in [-0.2, -0.15) is 0 Å². The fourth-order valence-corrected chi connectivity index (χ4v) is 1.43. The molecule has 0 radical (unpaired) electrons. The van der Waals surface area contributed by atoms with Gasteiger partial charge in [0, 0.05) is 6.04 Å². The zero-order valence-electron chi connectivity index (χ0n) is 7.91. The Labute approximate surface area is 80.7 Å². The van der Waals surface area contributed by atoms with Crippen LogP contribution in [0.2, 0.25) is 0 Å². The summed E-state index contributed by atoms with van der Waals surface area (Å²) < 4.78 is 4.94. The lowest BCUT2D eigenvalue weighted by Crippen LogP contribution is -2.07. The van der Waals surface area contributed by atoms with Gasteiger partial charge in [0.15, 0.2) is 5.58 Å². The van der Waals surface area contributed by atoms with Crippen molar-refractivity contribution in [1.29, 1.82) is 0 Å². The second-order valence-electron chi connectivity index (χ2n) is 3.28. The van der Waals surface area contributed by atoms with Gasteiger partial charge in [-0.25, -0.2) is 4.79 Å². The van der Waals surface area contributed by atoms with Crippen molar-refractivity contribution < 1.29 is 4.42 Å². The zero-order chi connectivity index (χ0) is 10.1. The van der Waals surface area contributed by atoms with Gasteiger partial charge < -0.3 is 10.2 Å². The van der Waals surface area contributed by atoms with Crippen molar-refractivity contribution in [3.05, 3.63) is 34.3 Å². The topological polar surface area (TPSA) is 72.0 Å². The fourth-order valence-electron chi connectivity index (χ4n) is 1.43. The van der Waals surface area contributed by atoms with Crippen LogP contribution in [0.4, 0.5) is 0 Å². The summed E-state index contributed by atoms with van der Waals surface area (Å²) in [4.78, 5) is 13.5. The van der Waals surface area contributed by atoms with E-state index in [0.717, 1.165) is 12.0 Å². The molecular weight excluding hydrogens is 180 g/mol. The van der Waals surface area contributed by atoms with Crippen molar-refractivity contribution >= 4 is 11.1 Å². The van der Waals surface area contributed by atoms with E-state index in [1.807, 2.05) is 19.1 Å². The van der Waals surface area contributed by atoms with Crippen LogP contribution in [0.5, 0.6) is 0 Å². The van der Waals surface area contributed by atoms with E-state index in [0.29, 0.717) is 11.1 Å². The molecule has 0 spiro atoms. The first kappa shape index (κ1) is 9.02. The molecule has 0 saturated carbocycles. The minimum absolute atomic E-state index is 0.000368. The van der Waals surface area contributed by atoms with E-state index >= 15 is 0 Å². The van der Waals surface area contributed by atoms with Crippen LogP contribution in [-0.4, -0.2) is 4.98 Å². The number of aromatic amines is 1. The smallest absolute Gasteiger partial charge is 0.408 e. The molecule has 2 aromatic rings. The van der Waals surface area contributed by atoms with Crippen molar-refractivity contribution in [2.24, 2.45) is 5.73 Å². The molecule has 0 aliphatic heterocycles. The summed E-state index contributed by atoms with van der Waals surface area (Å²) in [6.07, 6.45) is 0.861. The molecule has 0 aliphatic rings. The van der Waals surface area contributed by atoms with E-state index in [9.17, 15) is 4.79 Å². The lowest BCUT2D eigenvalue weighted by Gasteiger charge is -2.07. The highest BCUT2D eigenvalue weighted by molar-refractivity contribution is 5.72. The van der Waals surface area contributed by atoms with Crippen LogP contribution in [0, 0.1) is 0 Å². The number of fused-ring (bicyclic) bond motifs is 1. The Morgan fingerprint density at radius 3 is 3.07 bits per heavy atom. The van der Waals surface area contributed by atoms with E-state index in [1.54, 1.807) is 6.07 Å². The highest BCUT2D eigenvalue weighted by Gasteiger charge is 2.06. The highest BCUT2D eigenvalue weighted by atomic mass is 16.4. The average Bonchev–Trinajstić information content (AvgIpc) is 2.55. The third-order valence-electron chi connectivity index (χ3n) is 2.31. The van der Waals surface area contributed by atoms with Crippen molar-refractivity contribution in [3.63, 3.8) is 0 Å². The van der Waals surface area contributed by atoms with E-state index in [1.165, 1.54) is 0 Å². The molecule has 0 unspecified atom stereocenters. The molecule has 1 heterocycles. The number of rotatable bonds is 2. The van der Waals surface area contributed by atoms with Gasteiger partial charge in [-0.1, -0.05) is 13.0 Å². The minimum Gasteiger partial charge on any atom is -0.408 e. The summed E-state index contributed by atoms with van der Waals surface area (Å²) >= 11 is 0. The van der Waals surface area contributed by atoms with E-state index < -0.39 is 5.76 Å². The van der Waals surface area contributed by atoms with Gasteiger partial charge in [-0.3, -0.25) is 4.98 Å². The Morgan fingerprint density at radius 1 is 1.57 bits per heavy atom. The monoisotopic (exact) mass is 192 g/mol. The first-order chi connectivity index (χ1) is 6.70. The SMILES string of the molecule is CC[C@H](N)c1ccc2[nH]c(=O)oc2c1. The highest BCUT2D eigenvalue weighted by Crippen LogP contribution is 2.18. The zero-order valence-corrected chi connectivity index (χ0v) is 7.91. The van der Waals surface area contributed by atoms with Crippen LogP contribution < -0.4 is 11.5 Å². The van der Waals surface area contributed by atoms with Gasteiger partial charge in [0.05, 0.1) is 5.52 Å². The lowest BCUT2D eigenvalue weighted by molar-refractivity contribution is 0.554. The number of aromatic nitrogens is 1. The molecule has 3 N–H and O–H groups in total. The number of oxazole rings is 1. The van der Waals surface area contributed by atoms with Crippen molar-refractivity contribution in [1.82, 2.24) is 4.98 Å². The normalized spacial score (nSPS) is 13.3. The number of benzene rings is 1. The summed E-state index contributed by atoms with van der Waals surface area (Å²) in [6.45, 7) is 2.02. The maximum absolute atomic E-state index is 10.9. The maximum Gasteiger partial charge on any atom is 0.417 e. The quantitative estimate of drug-likeness (QED) is 0.757. The predicted molar refractivity (Wildman–Crippen MR) is 54.1 cm³/mol. The Kier molecular flexibility index (Phi) is 2.13. The third kappa shape index (κ3) is 1.44. The Hall–Kier alpha value is -1.55. The molecule has 0 fully saturated rings. The maximum atomic E-state index is 10.9. The van der Waals surface area contributed by atoms with Crippen LogP contribution in [0.25, 0.3) is 11.1 Å². The Balaban J connectivity index is 2.55. The first-order valence-corrected chi connectivity index (χ1v) is 4.59.